The van der Waals surface area contributed by atoms with E-state index in [0.29, 0.717) is 24.8 Å². The number of hydrogen-bond donors (Lipinski definition) is 0. The first kappa shape index (κ1) is 17.2. The summed E-state index contributed by atoms with van der Waals surface area (Å²) in [6.07, 6.45) is 2.58. The molecule has 2 aromatic heterocycles. The summed E-state index contributed by atoms with van der Waals surface area (Å²) in [5, 5.41) is 3.79. The first-order valence-corrected chi connectivity index (χ1v) is 9.02. The Bertz CT molecular complexity index is 908. The monoisotopic (exact) mass is 363 g/mol. The molecule has 0 unspecified atom stereocenters. The molecule has 0 aliphatic carbocycles. The van der Waals surface area contributed by atoms with Crippen LogP contribution in [-0.2, 0) is 11.2 Å². The van der Waals surface area contributed by atoms with Crippen molar-refractivity contribution in [3.8, 4) is 11.5 Å². The van der Waals surface area contributed by atoms with Gasteiger partial charge in [-0.1, -0.05) is 35.5 Å². The van der Waals surface area contributed by atoms with Crippen molar-refractivity contribution in [3.05, 3.63) is 60.0 Å². The van der Waals surface area contributed by atoms with Crippen LogP contribution in [0.25, 0.3) is 11.5 Å². The van der Waals surface area contributed by atoms with Gasteiger partial charge in [0.05, 0.1) is 12.1 Å². The fourth-order valence-electron chi connectivity index (χ4n) is 3.16. The molecule has 7 nitrogen and oxygen atoms in total. The largest absolute Gasteiger partial charge is 0.346 e. The maximum Gasteiger partial charge on any atom is 0.259 e. The Hall–Kier alpha value is -3.22. The summed E-state index contributed by atoms with van der Waals surface area (Å²) < 4.78 is 5.15. The van der Waals surface area contributed by atoms with Crippen molar-refractivity contribution in [1.82, 2.24) is 20.0 Å². The number of amides is 1. The van der Waals surface area contributed by atoms with Gasteiger partial charge in [-0.25, -0.2) is 4.98 Å². The highest BCUT2D eigenvalue weighted by atomic mass is 16.5. The molecule has 0 N–H and O–H groups in total. The van der Waals surface area contributed by atoms with Crippen molar-refractivity contribution in [2.75, 3.05) is 31.1 Å². The van der Waals surface area contributed by atoms with Gasteiger partial charge in [0.1, 0.15) is 5.82 Å². The number of anilines is 1. The predicted octanol–water partition coefficient (Wildman–Crippen LogP) is 2.33. The van der Waals surface area contributed by atoms with Gasteiger partial charge in [-0.15, -0.1) is 0 Å². The van der Waals surface area contributed by atoms with Crippen LogP contribution < -0.4 is 4.90 Å². The highest BCUT2D eigenvalue weighted by Gasteiger charge is 2.24. The topological polar surface area (TPSA) is 75.4 Å². The predicted molar refractivity (Wildman–Crippen MR) is 101 cm³/mol. The Morgan fingerprint density at radius 3 is 2.63 bits per heavy atom. The Balaban J connectivity index is 1.35. The Labute approximate surface area is 157 Å². The van der Waals surface area contributed by atoms with E-state index in [1.54, 1.807) is 13.1 Å². The standard InChI is InChI=1S/C20H21N5O2/c1-15-22-20(27-23-15)17-7-8-18(21-13-17)25-12-11-24(19(26)14-25)10-9-16-5-3-2-4-6-16/h2-8,13H,9-12,14H2,1H3. The normalized spacial score (nSPS) is 14.6. The van der Waals surface area contributed by atoms with Crippen LogP contribution in [0.5, 0.6) is 0 Å². The third kappa shape index (κ3) is 3.97. The Morgan fingerprint density at radius 2 is 1.96 bits per heavy atom. The van der Waals surface area contributed by atoms with E-state index < -0.39 is 0 Å². The average molecular weight is 363 g/mol. The van der Waals surface area contributed by atoms with Gasteiger partial charge < -0.3 is 14.3 Å². The van der Waals surface area contributed by atoms with Crippen LogP contribution in [0.3, 0.4) is 0 Å². The lowest BCUT2D eigenvalue weighted by atomic mass is 10.1. The average Bonchev–Trinajstić information content (AvgIpc) is 3.14. The van der Waals surface area contributed by atoms with Gasteiger partial charge in [0.2, 0.25) is 5.91 Å². The summed E-state index contributed by atoms with van der Waals surface area (Å²) in [7, 11) is 0. The molecule has 0 bridgehead atoms. The molecule has 3 heterocycles. The number of aromatic nitrogens is 3. The number of piperazine rings is 1. The first-order chi connectivity index (χ1) is 13.2. The molecule has 1 aliphatic heterocycles. The quantitative estimate of drug-likeness (QED) is 0.693. The number of benzene rings is 1. The highest BCUT2D eigenvalue weighted by Crippen LogP contribution is 2.20. The second-order valence-electron chi connectivity index (χ2n) is 6.59. The second kappa shape index (κ2) is 7.57. The smallest absolute Gasteiger partial charge is 0.259 e. The summed E-state index contributed by atoms with van der Waals surface area (Å²) in [6, 6.07) is 14.0. The molecule has 7 heteroatoms. The van der Waals surface area contributed by atoms with E-state index in [0.717, 1.165) is 30.9 Å². The lowest BCUT2D eigenvalue weighted by Crippen LogP contribution is -2.51. The SMILES string of the molecule is Cc1noc(-c2ccc(N3CCN(CCc4ccccc4)C(=O)C3)nc2)n1. The Morgan fingerprint density at radius 1 is 1.11 bits per heavy atom. The van der Waals surface area contributed by atoms with E-state index in [4.69, 9.17) is 4.52 Å². The van der Waals surface area contributed by atoms with E-state index >= 15 is 0 Å². The maximum absolute atomic E-state index is 12.5. The fourth-order valence-corrected chi connectivity index (χ4v) is 3.16. The zero-order valence-electron chi connectivity index (χ0n) is 15.2. The minimum atomic E-state index is 0.135. The number of hydrogen-bond acceptors (Lipinski definition) is 6. The van der Waals surface area contributed by atoms with Gasteiger partial charge in [-0.2, -0.15) is 4.98 Å². The second-order valence-corrected chi connectivity index (χ2v) is 6.59. The third-order valence-electron chi connectivity index (χ3n) is 4.68. The number of pyridine rings is 1. The summed E-state index contributed by atoms with van der Waals surface area (Å²) in [4.78, 5) is 25.1. The van der Waals surface area contributed by atoms with Crippen LogP contribution in [0, 0.1) is 6.92 Å². The van der Waals surface area contributed by atoms with Crippen molar-refractivity contribution >= 4 is 11.7 Å². The lowest BCUT2D eigenvalue weighted by molar-refractivity contribution is -0.130. The molecular weight excluding hydrogens is 342 g/mol. The zero-order chi connectivity index (χ0) is 18.6. The molecule has 138 valence electrons. The highest BCUT2D eigenvalue weighted by molar-refractivity contribution is 5.82. The maximum atomic E-state index is 12.5. The number of aryl methyl sites for hydroxylation is 1. The molecule has 1 aliphatic rings. The van der Waals surface area contributed by atoms with Crippen molar-refractivity contribution in [3.63, 3.8) is 0 Å². The van der Waals surface area contributed by atoms with E-state index in [1.165, 1.54) is 5.56 Å². The van der Waals surface area contributed by atoms with Crippen LogP contribution in [0.15, 0.2) is 53.2 Å². The van der Waals surface area contributed by atoms with Gasteiger partial charge in [-0.05, 0) is 31.0 Å². The van der Waals surface area contributed by atoms with Crippen molar-refractivity contribution in [2.45, 2.75) is 13.3 Å². The Kier molecular flexibility index (Phi) is 4.82. The molecule has 0 saturated carbocycles. The van der Waals surface area contributed by atoms with Crippen molar-refractivity contribution < 1.29 is 9.32 Å². The summed E-state index contributed by atoms with van der Waals surface area (Å²) in [5.74, 6) is 1.96. The number of carbonyl (C=O) groups is 1. The van der Waals surface area contributed by atoms with Crippen molar-refractivity contribution in [1.29, 1.82) is 0 Å². The summed E-state index contributed by atoms with van der Waals surface area (Å²) >= 11 is 0. The molecule has 1 amide bonds. The molecule has 27 heavy (non-hydrogen) atoms. The van der Waals surface area contributed by atoms with Crippen LogP contribution >= 0.6 is 0 Å². The lowest BCUT2D eigenvalue weighted by Gasteiger charge is -2.35. The first-order valence-electron chi connectivity index (χ1n) is 9.02. The molecule has 1 saturated heterocycles. The summed E-state index contributed by atoms with van der Waals surface area (Å²) in [5.41, 5.74) is 2.02. The van der Waals surface area contributed by atoms with Crippen molar-refractivity contribution in [2.24, 2.45) is 0 Å². The summed E-state index contributed by atoms with van der Waals surface area (Å²) in [6.45, 7) is 4.35. The molecule has 1 fully saturated rings. The van der Waals surface area contributed by atoms with Gasteiger partial charge in [0.15, 0.2) is 5.82 Å². The van der Waals surface area contributed by atoms with E-state index in [1.807, 2.05) is 40.1 Å². The number of carbonyl (C=O) groups excluding carboxylic acids is 1. The van der Waals surface area contributed by atoms with E-state index in [2.05, 4.69) is 27.3 Å². The van der Waals surface area contributed by atoms with Crippen LogP contribution in [0.1, 0.15) is 11.4 Å². The van der Waals surface area contributed by atoms with E-state index in [9.17, 15) is 4.79 Å². The molecule has 0 spiro atoms. The molecule has 0 atom stereocenters. The van der Waals surface area contributed by atoms with E-state index in [-0.39, 0.29) is 5.91 Å². The van der Waals surface area contributed by atoms with Gasteiger partial charge in [0.25, 0.3) is 5.89 Å². The minimum absolute atomic E-state index is 0.135. The van der Waals surface area contributed by atoms with Gasteiger partial charge in [-0.3, -0.25) is 4.79 Å². The van der Waals surface area contributed by atoms with Crippen LogP contribution in [0.2, 0.25) is 0 Å². The molecule has 1 aromatic carbocycles. The number of nitrogens with zero attached hydrogens (tertiary/aromatic N) is 5. The third-order valence-corrected chi connectivity index (χ3v) is 4.68. The number of rotatable bonds is 5. The molecule has 4 rings (SSSR count). The molecule has 3 aromatic rings. The molecule has 0 radical (unpaired) electrons. The van der Waals surface area contributed by atoms with Gasteiger partial charge in [0, 0.05) is 25.8 Å². The van der Waals surface area contributed by atoms with Crippen LogP contribution in [-0.4, -0.2) is 52.1 Å². The zero-order valence-corrected chi connectivity index (χ0v) is 15.2. The fraction of sp³-hybridized carbons (Fsp3) is 0.300. The van der Waals surface area contributed by atoms with Gasteiger partial charge >= 0.3 is 0 Å². The minimum Gasteiger partial charge on any atom is -0.346 e. The van der Waals surface area contributed by atoms with Crippen LogP contribution in [0.4, 0.5) is 5.82 Å². The molecular formula is C20H21N5O2.